The van der Waals surface area contributed by atoms with Crippen LogP contribution >= 0.6 is 0 Å². The van der Waals surface area contributed by atoms with Crippen LogP contribution in [0.15, 0.2) is 25.3 Å². The summed E-state index contributed by atoms with van der Waals surface area (Å²) in [6, 6.07) is 0. The summed E-state index contributed by atoms with van der Waals surface area (Å²) in [5.41, 5.74) is 1.96. The van der Waals surface area contributed by atoms with Gasteiger partial charge in [0.25, 0.3) is 0 Å². The SMILES string of the molecule is OC[C@H]1O[C@@H](n2cnc3c(NCCCCCCCCNc4ncnc5c4ncn5[C@@H]4O[C@H](CO)[C@@H](O)[C@H]4O)ncnc32)[C@H](O)[C@@H]1O. The van der Waals surface area contributed by atoms with Gasteiger partial charge in [0, 0.05) is 13.1 Å². The van der Waals surface area contributed by atoms with Crippen LogP contribution < -0.4 is 10.6 Å². The highest BCUT2D eigenvalue weighted by atomic mass is 16.6. The van der Waals surface area contributed by atoms with Crippen LogP contribution in [-0.4, -0.2) is 133 Å². The van der Waals surface area contributed by atoms with Gasteiger partial charge in [0.15, 0.2) is 46.4 Å². The van der Waals surface area contributed by atoms with Crippen LogP contribution in [0.5, 0.6) is 0 Å². The number of hydrogen-bond donors (Lipinski definition) is 8. The molecule has 0 unspecified atom stereocenters. The molecule has 6 heterocycles. The summed E-state index contributed by atoms with van der Waals surface area (Å²) in [5.74, 6) is 1.15. The lowest BCUT2D eigenvalue weighted by molar-refractivity contribution is -0.0511. The predicted molar refractivity (Wildman–Crippen MR) is 161 cm³/mol. The van der Waals surface area contributed by atoms with Crippen LogP contribution in [-0.2, 0) is 9.47 Å². The summed E-state index contributed by atoms with van der Waals surface area (Å²) < 4.78 is 14.3. The van der Waals surface area contributed by atoms with Crippen LogP contribution in [0, 0.1) is 0 Å². The zero-order valence-corrected chi connectivity index (χ0v) is 25.1. The molecule has 0 spiro atoms. The molecule has 46 heavy (non-hydrogen) atoms. The number of nitrogens with zero attached hydrogens (tertiary/aromatic N) is 8. The van der Waals surface area contributed by atoms with Crippen molar-refractivity contribution in [2.45, 2.75) is 87.6 Å². The molecule has 0 radical (unpaired) electrons. The van der Waals surface area contributed by atoms with E-state index in [1.54, 1.807) is 0 Å². The lowest BCUT2D eigenvalue weighted by Gasteiger charge is -2.16. The van der Waals surface area contributed by atoms with Gasteiger partial charge in [-0.1, -0.05) is 25.7 Å². The zero-order chi connectivity index (χ0) is 32.2. The summed E-state index contributed by atoms with van der Waals surface area (Å²) in [7, 11) is 0. The number of aliphatic hydroxyl groups is 6. The summed E-state index contributed by atoms with van der Waals surface area (Å²) in [6.45, 7) is 0.579. The summed E-state index contributed by atoms with van der Waals surface area (Å²) in [5, 5.41) is 66.3. The Hall–Kier alpha value is -3.62. The lowest BCUT2D eigenvalue weighted by atomic mass is 10.1. The van der Waals surface area contributed by atoms with Crippen molar-refractivity contribution in [3.63, 3.8) is 0 Å². The Labute approximate surface area is 263 Å². The summed E-state index contributed by atoms with van der Waals surface area (Å²) in [4.78, 5) is 26.0. The second kappa shape index (κ2) is 14.4. The minimum Gasteiger partial charge on any atom is -0.394 e. The molecule has 8 atom stereocenters. The van der Waals surface area contributed by atoms with Crippen LogP contribution in [0.25, 0.3) is 22.3 Å². The van der Waals surface area contributed by atoms with Gasteiger partial charge in [0.05, 0.1) is 25.9 Å². The van der Waals surface area contributed by atoms with Gasteiger partial charge in [-0.2, -0.15) is 0 Å². The van der Waals surface area contributed by atoms with Crippen molar-refractivity contribution in [1.82, 2.24) is 39.0 Å². The minimum atomic E-state index is -1.23. The number of imidazole rings is 2. The van der Waals surface area contributed by atoms with Crippen molar-refractivity contribution in [3.05, 3.63) is 25.3 Å². The van der Waals surface area contributed by atoms with E-state index in [1.807, 2.05) is 0 Å². The third-order valence-corrected chi connectivity index (χ3v) is 8.49. The van der Waals surface area contributed by atoms with Gasteiger partial charge in [-0.05, 0) is 12.8 Å². The fraction of sp³-hybridized carbons (Fsp3) is 0.643. The molecule has 0 saturated carbocycles. The van der Waals surface area contributed by atoms with E-state index in [2.05, 4.69) is 40.5 Å². The molecule has 2 aliphatic heterocycles. The van der Waals surface area contributed by atoms with Crippen molar-refractivity contribution >= 4 is 34.0 Å². The average molecular weight is 645 g/mol. The molecule has 2 saturated heterocycles. The number of nitrogens with one attached hydrogen (secondary N) is 2. The number of anilines is 2. The highest BCUT2D eigenvalue weighted by molar-refractivity contribution is 5.83. The fourth-order valence-corrected chi connectivity index (χ4v) is 5.93. The lowest BCUT2D eigenvalue weighted by Crippen LogP contribution is -2.33. The van der Waals surface area contributed by atoms with Crippen LogP contribution in [0.3, 0.4) is 0 Å². The molecule has 4 aromatic rings. The molecule has 0 amide bonds. The molecule has 250 valence electrons. The third-order valence-electron chi connectivity index (χ3n) is 8.49. The van der Waals surface area contributed by atoms with Crippen molar-refractivity contribution in [2.75, 3.05) is 36.9 Å². The van der Waals surface area contributed by atoms with E-state index in [4.69, 9.17) is 9.47 Å². The number of unbranched alkanes of at least 4 members (excludes halogenated alkanes) is 5. The van der Waals surface area contributed by atoms with Gasteiger partial charge in [-0.3, -0.25) is 9.13 Å². The standard InChI is InChI=1S/C28H40N10O8/c39-9-15-19(41)21(43)27(45-15)37-13-35-17-23(31-11-33-25(17)37)29-7-5-3-1-2-4-6-8-30-24-18-26(34-12-32-24)38(14-36-18)28-22(44)20(42)16(10-40)46-28/h11-16,19-22,27-28,39-44H,1-10H2,(H,29,31,33)(H,30,32,34)/t15-,16-,19-,20-,21-,22-,27-,28-/m1/s1. The highest BCUT2D eigenvalue weighted by Crippen LogP contribution is 2.33. The summed E-state index contributed by atoms with van der Waals surface area (Å²) >= 11 is 0. The Morgan fingerprint density at radius 1 is 0.565 bits per heavy atom. The van der Waals surface area contributed by atoms with Gasteiger partial charge < -0.3 is 50.7 Å². The van der Waals surface area contributed by atoms with E-state index in [0.29, 0.717) is 47.1 Å². The molecule has 18 nitrogen and oxygen atoms in total. The molecule has 2 fully saturated rings. The first-order valence-corrected chi connectivity index (χ1v) is 15.5. The van der Waals surface area contributed by atoms with Crippen molar-refractivity contribution in [1.29, 1.82) is 0 Å². The average Bonchev–Trinajstić information content (AvgIpc) is 3.83. The Bertz CT molecular complexity index is 1470. The number of aliphatic hydroxyl groups excluding tert-OH is 6. The van der Waals surface area contributed by atoms with Crippen molar-refractivity contribution < 1.29 is 40.1 Å². The quantitative estimate of drug-likeness (QED) is 0.0727. The fourth-order valence-electron chi connectivity index (χ4n) is 5.93. The second-order valence-corrected chi connectivity index (χ2v) is 11.5. The molecule has 8 N–H and O–H groups in total. The first-order valence-electron chi connectivity index (χ1n) is 15.5. The Morgan fingerprint density at radius 2 is 0.978 bits per heavy atom. The zero-order valence-electron chi connectivity index (χ0n) is 25.1. The first kappa shape index (κ1) is 32.3. The van der Waals surface area contributed by atoms with Gasteiger partial charge in [0.2, 0.25) is 0 Å². The van der Waals surface area contributed by atoms with E-state index in [1.165, 1.54) is 34.4 Å². The number of fused-ring (bicyclic) bond motifs is 2. The Kier molecular flexibility index (Phi) is 10.1. The number of rotatable bonds is 15. The molecule has 6 rings (SSSR count). The van der Waals surface area contributed by atoms with Crippen LogP contribution in [0.1, 0.15) is 51.0 Å². The van der Waals surface area contributed by atoms with E-state index in [9.17, 15) is 30.6 Å². The Morgan fingerprint density at radius 3 is 1.37 bits per heavy atom. The maximum atomic E-state index is 10.4. The molecule has 4 aromatic heterocycles. The molecular formula is C28H40N10O8. The number of aromatic nitrogens is 8. The highest BCUT2D eigenvalue weighted by Gasteiger charge is 2.45. The van der Waals surface area contributed by atoms with E-state index in [0.717, 1.165) is 38.5 Å². The van der Waals surface area contributed by atoms with E-state index < -0.39 is 62.3 Å². The molecule has 0 bridgehead atoms. The van der Waals surface area contributed by atoms with Crippen molar-refractivity contribution in [3.8, 4) is 0 Å². The molecule has 0 aromatic carbocycles. The van der Waals surface area contributed by atoms with E-state index in [-0.39, 0.29) is 0 Å². The van der Waals surface area contributed by atoms with Gasteiger partial charge in [0.1, 0.15) is 49.3 Å². The van der Waals surface area contributed by atoms with E-state index >= 15 is 0 Å². The second-order valence-electron chi connectivity index (χ2n) is 11.5. The number of ether oxygens (including phenoxy) is 2. The normalized spacial score (nSPS) is 28.0. The molecule has 2 aliphatic rings. The molecule has 0 aliphatic carbocycles. The maximum Gasteiger partial charge on any atom is 0.167 e. The third kappa shape index (κ3) is 6.34. The maximum absolute atomic E-state index is 10.4. The molecular weight excluding hydrogens is 604 g/mol. The van der Waals surface area contributed by atoms with Crippen LogP contribution in [0.4, 0.5) is 11.6 Å². The topological polar surface area (TPSA) is 251 Å². The van der Waals surface area contributed by atoms with Gasteiger partial charge in [-0.15, -0.1) is 0 Å². The predicted octanol–water partition coefficient (Wildman–Crippen LogP) is -0.946. The van der Waals surface area contributed by atoms with Crippen molar-refractivity contribution in [2.24, 2.45) is 0 Å². The smallest absolute Gasteiger partial charge is 0.167 e. The largest absolute Gasteiger partial charge is 0.394 e. The van der Waals surface area contributed by atoms with Gasteiger partial charge >= 0.3 is 0 Å². The number of hydrogen-bond acceptors (Lipinski definition) is 16. The van der Waals surface area contributed by atoms with Crippen LogP contribution in [0.2, 0.25) is 0 Å². The Balaban J connectivity index is 0.902. The minimum absolute atomic E-state index is 0.412. The molecule has 18 heteroatoms. The summed E-state index contributed by atoms with van der Waals surface area (Å²) in [6.07, 6.45) is 3.40. The monoisotopic (exact) mass is 644 g/mol. The first-order chi connectivity index (χ1) is 22.4. The van der Waals surface area contributed by atoms with Gasteiger partial charge in [-0.25, -0.2) is 29.9 Å².